The third-order valence-corrected chi connectivity index (χ3v) is 3.85. The molecular weight excluding hydrogens is 320 g/mol. The second-order valence-corrected chi connectivity index (χ2v) is 5.67. The molecule has 3 rings (SSSR count). The van der Waals surface area contributed by atoms with E-state index in [-0.39, 0.29) is 17.0 Å². The summed E-state index contributed by atoms with van der Waals surface area (Å²) in [6, 6.07) is 10.5. The van der Waals surface area contributed by atoms with Crippen LogP contribution in [-0.2, 0) is 6.42 Å². The van der Waals surface area contributed by atoms with Crippen molar-refractivity contribution in [1.29, 1.82) is 5.26 Å². The highest BCUT2D eigenvalue weighted by Gasteiger charge is 2.15. The lowest BCUT2D eigenvalue weighted by Gasteiger charge is -2.08. The van der Waals surface area contributed by atoms with Crippen molar-refractivity contribution in [3.63, 3.8) is 0 Å². The Hall–Kier alpha value is -3.13. The molecule has 1 aromatic heterocycles. The highest BCUT2D eigenvalue weighted by atomic mass is 19.1. The second kappa shape index (κ2) is 7.18. The molecule has 0 saturated heterocycles. The third kappa shape index (κ3) is 3.53. The minimum absolute atomic E-state index is 0.129. The number of halogens is 2. The summed E-state index contributed by atoms with van der Waals surface area (Å²) >= 11 is 0. The Bertz CT molecular complexity index is 904. The van der Waals surface area contributed by atoms with Crippen LogP contribution in [0.1, 0.15) is 24.5 Å². The Morgan fingerprint density at radius 2 is 1.56 bits per heavy atom. The lowest BCUT2D eigenvalue weighted by molar-refractivity contribution is 0.590. The average Bonchev–Trinajstić information content (AvgIpc) is 2.62. The fraction of sp³-hybridized carbons (Fsp3) is 0.150. The standard InChI is InChI=1S/C20H15F2N3/c1-2-3-14-11-24-20(25-12-14)16-8-17(21)19(18(22)9-16)15-6-4-13(10-23)5-7-15/h4-9,11-12H,2-3H2,1H3. The van der Waals surface area contributed by atoms with Gasteiger partial charge in [-0.05, 0) is 41.8 Å². The molecule has 0 unspecified atom stereocenters. The maximum Gasteiger partial charge on any atom is 0.159 e. The summed E-state index contributed by atoms with van der Waals surface area (Å²) in [4.78, 5) is 8.39. The summed E-state index contributed by atoms with van der Waals surface area (Å²) < 4.78 is 29.0. The van der Waals surface area contributed by atoms with Crippen molar-refractivity contribution in [2.45, 2.75) is 19.8 Å². The van der Waals surface area contributed by atoms with Crippen LogP contribution in [0.15, 0.2) is 48.8 Å². The van der Waals surface area contributed by atoms with Crippen LogP contribution in [0.4, 0.5) is 8.78 Å². The summed E-state index contributed by atoms with van der Waals surface area (Å²) in [6.45, 7) is 2.06. The second-order valence-electron chi connectivity index (χ2n) is 5.67. The molecule has 5 heteroatoms. The van der Waals surface area contributed by atoms with Gasteiger partial charge in [0.15, 0.2) is 5.82 Å². The Morgan fingerprint density at radius 3 is 2.08 bits per heavy atom. The van der Waals surface area contributed by atoms with E-state index in [1.165, 1.54) is 36.4 Å². The molecule has 0 aliphatic heterocycles. The first kappa shape index (κ1) is 16.7. The molecule has 0 amide bonds. The van der Waals surface area contributed by atoms with E-state index in [1.807, 2.05) is 6.07 Å². The Labute approximate surface area is 144 Å². The van der Waals surface area contributed by atoms with Gasteiger partial charge in [0.1, 0.15) is 11.6 Å². The van der Waals surface area contributed by atoms with E-state index in [1.54, 1.807) is 12.4 Å². The molecule has 2 aromatic carbocycles. The Kier molecular flexibility index (Phi) is 4.80. The van der Waals surface area contributed by atoms with Crippen molar-refractivity contribution in [1.82, 2.24) is 9.97 Å². The lowest BCUT2D eigenvalue weighted by Crippen LogP contribution is -1.96. The summed E-state index contributed by atoms with van der Waals surface area (Å²) in [5, 5.41) is 8.81. The van der Waals surface area contributed by atoms with Gasteiger partial charge < -0.3 is 0 Å². The van der Waals surface area contributed by atoms with Crippen molar-refractivity contribution in [2.75, 3.05) is 0 Å². The number of aromatic nitrogens is 2. The minimum Gasteiger partial charge on any atom is -0.236 e. The van der Waals surface area contributed by atoms with Crippen LogP contribution in [0.3, 0.4) is 0 Å². The third-order valence-electron chi connectivity index (χ3n) is 3.85. The van der Waals surface area contributed by atoms with Gasteiger partial charge in [-0.25, -0.2) is 18.7 Å². The van der Waals surface area contributed by atoms with Gasteiger partial charge in [0.25, 0.3) is 0 Å². The molecule has 0 fully saturated rings. The first-order chi connectivity index (χ1) is 12.1. The molecule has 0 atom stereocenters. The number of hydrogen-bond donors (Lipinski definition) is 0. The molecule has 1 heterocycles. The molecule has 3 aromatic rings. The van der Waals surface area contributed by atoms with Gasteiger partial charge in [0, 0.05) is 18.0 Å². The molecule has 0 saturated carbocycles. The molecule has 124 valence electrons. The highest BCUT2D eigenvalue weighted by Crippen LogP contribution is 2.30. The SMILES string of the molecule is CCCc1cnc(-c2cc(F)c(-c3ccc(C#N)cc3)c(F)c2)nc1. The first-order valence-electron chi connectivity index (χ1n) is 7.93. The lowest BCUT2D eigenvalue weighted by atomic mass is 10.0. The summed E-state index contributed by atoms with van der Waals surface area (Å²) in [5.41, 5.74) is 1.95. The van der Waals surface area contributed by atoms with Gasteiger partial charge in [-0.2, -0.15) is 5.26 Å². The number of hydrogen-bond acceptors (Lipinski definition) is 3. The zero-order valence-corrected chi connectivity index (χ0v) is 13.6. The largest absolute Gasteiger partial charge is 0.236 e. The van der Waals surface area contributed by atoms with Gasteiger partial charge >= 0.3 is 0 Å². The van der Waals surface area contributed by atoms with E-state index in [0.29, 0.717) is 11.1 Å². The van der Waals surface area contributed by atoms with E-state index in [0.717, 1.165) is 18.4 Å². The Morgan fingerprint density at radius 1 is 0.960 bits per heavy atom. The quantitative estimate of drug-likeness (QED) is 0.680. The van der Waals surface area contributed by atoms with Crippen molar-refractivity contribution in [2.24, 2.45) is 0 Å². The number of nitriles is 1. The fourth-order valence-corrected chi connectivity index (χ4v) is 2.61. The summed E-state index contributed by atoms with van der Waals surface area (Å²) in [5.74, 6) is -1.11. The number of rotatable bonds is 4. The highest BCUT2D eigenvalue weighted by molar-refractivity contribution is 5.69. The summed E-state index contributed by atoms with van der Waals surface area (Å²) in [6.07, 6.45) is 5.19. The maximum atomic E-state index is 14.5. The van der Waals surface area contributed by atoms with E-state index < -0.39 is 11.6 Å². The smallest absolute Gasteiger partial charge is 0.159 e. The first-order valence-corrected chi connectivity index (χ1v) is 7.93. The predicted octanol–water partition coefficient (Wildman–Crippen LogP) is 4.91. The van der Waals surface area contributed by atoms with Crippen LogP contribution in [0.2, 0.25) is 0 Å². The molecule has 25 heavy (non-hydrogen) atoms. The average molecular weight is 335 g/mol. The van der Waals surface area contributed by atoms with Crippen LogP contribution in [0.5, 0.6) is 0 Å². The van der Waals surface area contributed by atoms with E-state index in [4.69, 9.17) is 5.26 Å². The molecule has 0 spiro atoms. The van der Waals surface area contributed by atoms with Crippen LogP contribution < -0.4 is 0 Å². The Balaban J connectivity index is 1.98. The molecule has 3 nitrogen and oxygen atoms in total. The van der Waals surface area contributed by atoms with Crippen molar-refractivity contribution in [3.8, 4) is 28.6 Å². The molecule has 0 bridgehead atoms. The zero-order chi connectivity index (χ0) is 17.8. The maximum absolute atomic E-state index is 14.5. The number of nitrogens with zero attached hydrogens (tertiary/aromatic N) is 3. The van der Waals surface area contributed by atoms with Crippen molar-refractivity contribution in [3.05, 3.63) is 71.6 Å². The van der Waals surface area contributed by atoms with Crippen molar-refractivity contribution >= 4 is 0 Å². The number of aryl methyl sites for hydroxylation is 1. The topological polar surface area (TPSA) is 49.6 Å². The van der Waals surface area contributed by atoms with Gasteiger partial charge in [-0.15, -0.1) is 0 Å². The van der Waals surface area contributed by atoms with Crippen LogP contribution in [0, 0.1) is 23.0 Å². The molecule has 0 aliphatic rings. The van der Waals surface area contributed by atoms with Crippen LogP contribution >= 0.6 is 0 Å². The van der Waals surface area contributed by atoms with Gasteiger partial charge in [-0.1, -0.05) is 25.5 Å². The van der Waals surface area contributed by atoms with Crippen molar-refractivity contribution < 1.29 is 8.78 Å². The molecular formula is C20H15F2N3. The predicted molar refractivity (Wildman–Crippen MR) is 91.5 cm³/mol. The van der Waals surface area contributed by atoms with E-state index in [2.05, 4.69) is 16.9 Å². The molecule has 0 aliphatic carbocycles. The summed E-state index contributed by atoms with van der Waals surface area (Å²) in [7, 11) is 0. The van der Waals surface area contributed by atoms with Crippen LogP contribution in [-0.4, -0.2) is 9.97 Å². The zero-order valence-electron chi connectivity index (χ0n) is 13.6. The molecule has 0 N–H and O–H groups in total. The van der Waals surface area contributed by atoms with E-state index in [9.17, 15) is 8.78 Å². The van der Waals surface area contributed by atoms with Gasteiger partial charge in [0.05, 0.1) is 17.2 Å². The van der Waals surface area contributed by atoms with Crippen LogP contribution in [0.25, 0.3) is 22.5 Å². The normalized spacial score (nSPS) is 10.5. The number of benzene rings is 2. The van der Waals surface area contributed by atoms with Gasteiger partial charge in [-0.3, -0.25) is 0 Å². The monoisotopic (exact) mass is 335 g/mol. The minimum atomic E-state index is -0.694. The van der Waals surface area contributed by atoms with Gasteiger partial charge in [0.2, 0.25) is 0 Å². The fourth-order valence-electron chi connectivity index (χ4n) is 2.61. The van der Waals surface area contributed by atoms with E-state index >= 15 is 0 Å². The molecule has 0 radical (unpaired) electrons.